The molecule has 7 nitrogen and oxygen atoms in total. The van der Waals surface area contributed by atoms with E-state index in [0.29, 0.717) is 24.0 Å². The number of benzene rings is 2. The molecule has 0 aromatic heterocycles. The highest BCUT2D eigenvalue weighted by Crippen LogP contribution is 2.65. The maximum absolute atomic E-state index is 12.0. The van der Waals surface area contributed by atoms with Gasteiger partial charge in [0, 0.05) is 30.7 Å². The number of hydrogen-bond acceptors (Lipinski definition) is 7. The molecule has 0 saturated heterocycles. The molecule has 3 fully saturated rings. The van der Waals surface area contributed by atoms with Crippen LogP contribution in [-0.2, 0) is 20.7 Å². The highest BCUT2D eigenvalue weighted by molar-refractivity contribution is 6.00. The number of hydrogen-bond donors (Lipinski definition) is 2. The Morgan fingerprint density at radius 3 is 2.36 bits per heavy atom. The zero-order valence-electron chi connectivity index (χ0n) is 26.4. The topological polar surface area (TPSA) is 110 Å². The number of ketones is 2. The molecule has 44 heavy (non-hydrogen) atoms. The summed E-state index contributed by atoms with van der Waals surface area (Å²) in [6, 6.07) is 11.1. The van der Waals surface area contributed by atoms with Crippen LogP contribution in [0.1, 0.15) is 94.5 Å². The number of Topliss-reactive ketones (excluding diaryl/α,β-unsaturated/α-hetero) is 1. The van der Waals surface area contributed by atoms with Gasteiger partial charge >= 0.3 is 5.97 Å². The van der Waals surface area contributed by atoms with Gasteiger partial charge in [0.15, 0.2) is 11.6 Å². The van der Waals surface area contributed by atoms with Gasteiger partial charge in [-0.2, -0.15) is 0 Å². The molecular formula is C37H46O7. The van der Waals surface area contributed by atoms with Crippen LogP contribution in [0.25, 0.3) is 0 Å². The van der Waals surface area contributed by atoms with Gasteiger partial charge in [0.05, 0.1) is 12.7 Å². The Labute approximate surface area is 260 Å². The van der Waals surface area contributed by atoms with E-state index in [0.717, 1.165) is 55.4 Å². The minimum atomic E-state index is -0.210. The summed E-state index contributed by atoms with van der Waals surface area (Å²) >= 11 is 0. The quantitative estimate of drug-likeness (QED) is 0.262. The van der Waals surface area contributed by atoms with Gasteiger partial charge in [-0.05, 0) is 104 Å². The number of methoxy groups -OCH3 is 1. The fourth-order valence-corrected chi connectivity index (χ4v) is 8.73. The average molecular weight is 603 g/mol. The first-order chi connectivity index (χ1) is 21.0. The molecule has 0 spiro atoms. The second-order valence-corrected chi connectivity index (χ2v) is 13.6. The molecule has 0 amide bonds. The van der Waals surface area contributed by atoms with Crippen LogP contribution in [0.3, 0.4) is 0 Å². The van der Waals surface area contributed by atoms with E-state index in [2.05, 4.69) is 13.8 Å². The lowest BCUT2D eigenvalue weighted by Gasteiger charge is -2.57. The Bertz CT molecular complexity index is 1430. The van der Waals surface area contributed by atoms with Crippen LogP contribution in [0.4, 0.5) is 0 Å². The van der Waals surface area contributed by atoms with Gasteiger partial charge in [0.1, 0.15) is 23.4 Å². The van der Waals surface area contributed by atoms with Crippen LogP contribution in [0, 0.1) is 28.6 Å². The summed E-state index contributed by atoms with van der Waals surface area (Å²) in [6.07, 6.45) is 11.4. The van der Waals surface area contributed by atoms with Gasteiger partial charge in [-0.15, -0.1) is 0 Å². The highest BCUT2D eigenvalue weighted by Gasteiger charge is 2.59. The first-order valence-corrected chi connectivity index (χ1v) is 16.1. The van der Waals surface area contributed by atoms with Crippen molar-refractivity contribution in [3.05, 3.63) is 65.2 Å². The molecule has 4 aliphatic rings. The van der Waals surface area contributed by atoms with Crippen LogP contribution < -0.4 is 4.74 Å². The minimum Gasteiger partial charge on any atom is -0.508 e. The molecule has 2 aromatic rings. The normalized spacial score (nSPS) is 30.5. The van der Waals surface area contributed by atoms with E-state index in [1.54, 1.807) is 31.4 Å². The number of fused-ring (bicyclic) bond motifs is 5. The molecule has 0 heterocycles. The molecule has 7 heteroatoms. The molecule has 6 rings (SSSR count). The number of carbonyl (C=O) groups excluding carboxylic acids is 3. The molecule has 0 radical (unpaired) electrons. The van der Waals surface area contributed by atoms with Crippen molar-refractivity contribution in [3.8, 4) is 17.2 Å². The summed E-state index contributed by atoms with van der Waals surface area (Å²) in [5, 5.41) is 18.8. The van der Waals surface area contributed by atoms with E-state index in [9.17, 15) is 24.6 Å². The molecule has 236 valence electrons. The molecule has 2 N–H and O–H groups in total. The fraction of sp³-hybridized carbons (Fsp3) is 0.541. The number of phenols is 2. The van der Waals surface area contributed by atoms with Gasteiger partial charge in [-0.3, -0.25) is 14.4 Å². The smallest absolute Gasteiger partial charge is 0.305 e. The molecule has 2 aromatic carbocycles. The van der Waals surface area contributed by atoms with Crippen molar-refractivity contribution in [2.75, 3.05) is 7.11 Å². The third kappa shape index (κ3) is 6.15. The monoisotopic (exact) mass is 602 g/mol. The lowest BCUT2D eigenvalue weighted by Crippen LogP contribution is -2.51. The Morgan fingerprint density at radius 1 is 0.932 bits per heavy atom. The molecule has 0 bridgehead atoms. The Kier molecular flexibility index (Phi) is 9.24. The van der Waals surface area contributed by atoms with Crippen molar-refractivity contribution in [2.45, 2.75) is 91.1 Å². The van der Waals surface area contributed by atoms with Crippen molar-refractivity contribution in [1.29, 1.82) is 0 Å². The highest BCUT2D eigenvalue weighted by atomic mass is 16.5. The van der Waals surface area contributed by atoms with Crippen molar-refractivity contribution < 1.29 is 34.1 Å². The first kappa shape index (κ1) is 31.8. The Morgan fingerprint density at radius 2 is 1.68 bits per heavy atom. The standard InChI is InChI=1S/C22H32O3.C15H14O4/c1-4-20(24)25-19-8-7-17-16-6-5-14-13-15(23)9-11-21(14,2)18(16)10-12-22(17,19)3;1-19-12-5-2-10(3-6-12)8-14(17)13-7-4-11(16)9-15(13)18/h13,16-19H,4-12H2,1-3H3;2-7,9,16,18H,8H2,1H3. The zero-order chi connectivity index (χ0) is 31.6. The third-order valence-corrected chi connectivity index (χ3v) is 11.2. The van der Waals surface area contributed by atoms with E-state index in [4.69, 9.17) is 9.47 Å². The van der Waals surface area contributed by atoms with Crippen LogP contribution in [0.2, 0.25) is 0 Å². The van der Waals surface area contributed by atoms with Gasteiger partial charge in [-0.25, -0.2) is 0 Å². The zero-order valence-corrected chi connectivity index (χ0v) is 26.4. The van der Waals surface area contributed by atoms with E-state index >= 15 is 0 Å². The van der Waals surface area contributed by atoms with Crippen molar-refractivity contribution >= 4 is 17.5 Å². The molecule has 3 saturated carbocycles. The number of carbonyl (C=O) groups is 3. The van der Waals surface area contributed by atoms with E-state index < -0.39 is 0 Å². The van der Waals surface area contributed by atoms with Crippen LogP contribution in [-0.4, -0.2) is 41.0 Å². The summed E-state index contributed by atoms with van der Waals surface area (Å²) in [4.78, 5) is 35.8. The number of phenolic OH excluding ortho intramolecular Hbond substituents is 2. The molecular weight excluding hydrogens is 556 g/mol. The van der Waals surface area contributed by atoms with Crippen molar-refractivity contribution in [3.63, 3.8) is 0 Å². The SMILES string of the molecule is CCC(=O)OC1CCC2C3CCC4=CC(=O)CCC4(C)C3CCC12C.COc1ccc(CC(=O)c2ccc(O)cc2O)cc1. The van der Waals surface area contributed by atoms with Gasteiger partial charge in [-0.1, -0.05) is 38.5 Å². The number of ether oxygens (including phenoxy) is 2. The summed E-state index contributed by atoms with van der Waals surface area (Å²) in [7, 11) is 1.58. The summed E-state index contributed by atoms with van der Waals surface area (Å²) in [5.74, 6) is 2.65. The van der Waals surface area contributed by atoms with E-state index in [-0.39, 0.29) is 52.2 Å². The van der Waals surface area contributed by atoms with Crippen molar-refractivity contribution in [2.24, 2.45) is 28.6 Å². The lowest BCUT2D eigenvalue weighted by atomic mass is 9.47. The Balaban J connectivity index is 0.000000182. The molecule has 4 aliphatic carbocycles. The molecule has 6 atom stereocenters. The summed E-state index contributed by atoms with van der Waals surface area (Å²) in [6.45, 7) is 6.69. The second-order valence-electron chi connectivity index (χ2n) is 13.6. The van der Waals surface area contributed by atoms with Gasteiger partial charge in [0.2, 0.25) is 0 Å². The van der Waals surface area contributed by atoms with Gasteiger partial charge in [0.25, 0.3) is 0 Å². The fourth-order valence-electron chi connectivity index (χ4n) is 8.73. The number of allylic oxidation sites excluding steroid dienone is 1. The maximum Gasteiger partial charge on any atom is 0.305 e. The largest absolute Gasteiger partial charge is 0.508 e. The number of rotatable bonds is 6. The maximum atomic E-state index is 12.0. The number of esters is 1. The van der Waals surface area contributed by atoms with E-state index in [1.807, 2.05) is 13.0 Å². The average Bonchev–Trinajstić information content (AvgIpc) is 3.33. The number of aromatic hydroxyl groups is 2. The second kappa shape index (κ2) is 12.8. The first-order valence-electron chi connectivity index (χ1n) is 16.1. The molecule has 6 unspecified atom stereocenters. The minimum absolute atomic E-state index is 0.0411. The van der Waals surface area contributed by atoms with Crippen molar-refractivity contribution in [1.82, 2.24) is 0 Å². The van der Waals surface area contributed by atoms with Crippen LogP contribution in [0.15, 0.2) is 54.1 Å². The third-order valence-electron chi connectivity index (χ3n) is 11.2. The predicted octanol–water partition coefficient (Wildman–Crippen LogP) is 7.37. The Hall–Kier alpha value is -3.61. The summed E-state index contributed by atoms with van der Waals surface area (Å²) < 4.78 is 10.9. The molecule has 0 aliphatic heterocycles. The van der Waals surface area contributed by atoms with Crippen LogP contribution >= 0.6 is 0 Å². The summed E-state index contributed by atoms with van der Waals surface area (Å²) in [5.41, 5.74) is 2.86. The van der Waals surface area contributed by atoms with Gasteiger partial charge < -0.3 is 19.7 Å². The lowest BCUT2D eigenvalue weighted by molar-refractivity contribution is -0.159. The van der Waals surface area contributed by atoms with E-state index in [1.165, 1.54) is 37.0 Å². The predicted molar refractivity (Wildman–Crippen MR) is 168 cm³/mol. The van der Waals surface area contributed by atoms with Crippen LogP contribution in [0.5, 0.6) is 17.2 Å².